The number of aromatic nitrogens is 2. The lowest BCUT2D eigenvalue weighted by molar-refractivity contribution is 0.361. The molecular weight excluding hydrogens is 312 g/mol. The van der Waals surface area contributed by atoms with Crippen LogP contribution in [0.5, 0.6) is 11.5 Å². The lowest BCUT2D eigenvalue weighted by Gasteiger charge is -2.22. The Labute approximate surface area is 149 Å². The number of hydrogen-bond donors (Lipinski definition) is 0. The number of rotatable bonds is 4. The molecule has 4 heteroatoms. The predicted octanol–water partition coefficient (Wildman–Crippen LogP) is 4.99. The molecule has 2 aromatic carbocycles. The topological polar surface area (TPSA) is 36.3 Å². The average molecular weight is 336 g/mol. The van der Waals surface area contributed by atoms with Gasteiger partial charge in [0.25, 0.3) is 0 Å². The molecule has 3 rings (SSSR count). The first kappa shape index (κ1) is 17.1. The normalized spacial score (nSPS) is 11.4. The third-order valence-corrected chi connectivity index (χ3v) is 4.12. The van der Waals surface area contributed by atoms with Gasteiger partial charge >= 0.3 is 0 Å². The molecule has 1 heterocycles. The van der Waals surface area contributed by atoms with Crippen molar-refractivity contribution in [1.29, 1.82) is 0 Å². The Morgan fingerprint density at radius 2 is 1.24 bits per heavy atom. The highest BCUT2D eigenvalue weighted by molar-refractivity contribution is 5.69. The first-order valence-corrected chi connectivity index (χ1v) is 8.32. The highest BCUT2D eigenvalue weighted by Crippen LogP contribution is 2.32. The van der Waals surface area contributed by atoms with E-state index < -0.39 is 0 Å². The molecule has 0 bridgehead atoms. The van der Waals surface area contributed by atoms with E-state index in [1.807, 2.05) is 36.4 Å². The lowest BCUT2D eigenvalue weighted by Crippen LogP contribution is -2.24. The molecule has 0 saturated heterocycles. The molecule has 0 aliphatic rings. The number of hydrogen-bond acceptors (Lipinski definition) is 3. The zero-order valence-electron chi connectivity index (χ0n) is 15.4. The minimum absolute atomic E-state index is 0.125. The minimum atomic E-state index is -0.125. The van der Waals surface area contributed by atoms with E-state index in [4.69, 9.17) is 14.6 Å². The number of methoxy groups -OCH3 is 2. The van der Waals surface area contributed by atoms with E-state index in [2.05, 4.69) is 43.7 Å². The van der Waals surface area contributed by atoms with Gasteiger partial charge in [-0.2, -0.15) is 5.10 Å². The molecule has 0 amide bonds. The fourth-order valence-electron chi connectivity index (χ4n) is 2.76. The van der Waals surface area contributed by atoms with Gasteiger partial charge in [-0.15, -0.1) is 0 Å². The number of benzene rings is 2. The summed E-state index contributed by atoms with van der Waals surface area (Å²) in [4.78, 5) is 0. The van der Waals surface area contributed by atoms with Crippen molar-refractivity contribution in [3.05, 3.63) is 54.6 Å². The van der Waals surface area contributed by atoms with Crippen LogP contribution in [0, 0.1) is 0 Å². The van der Waals surface area contributed by atoms with Crippen molar-refractivity contribution < 1.29 is 9.47 Å². The van der Waals surface area contributed by atoms with Crippen LogP contribution in [-0.4, -0.2) is 24.0 Å². The summed E-state index contributed by atoms with van der Waals surface area (Å²) in [6.45, 7) is 6.47. The Hall–Kier alpha value is -2.75. The van der Waals surface area contributed by atoms with Crippen LogP contribution in [0.1, 0.15) is 20.8 Å². The van der Waals surface area contributed by atoms with Crippen LogP contribution in [0.4, 0.5) is 0 Å². The average Bonchev–Trinajstić information content (AvgIpc) is 3.08. The van der Waals surface area contributed by atoms with Gasteiger partial charge in [0.2, 0.25) is 0 Å². The summed E-state index contributed by atoms with van der Waals surface area (Å²) in [6, 6.07) is 18.2. The summed E-state index contributed by atoms with van der Waals surface area (Å²) in [6.07, 6.45) is 0. The quantitative estimate of drug-likeness (QED) is 0.673. The fraction of sp³-hybridized carbons (Fsp3) is 0.286. The summed E-state index contributed by atoms with van der Waals surface area (Å²) in [5.74, 6) is 1.69. The molecule has 0 aliphatic carbocycles. The second-order valence-corrected chi connectivity index (χ2v) is 6.95. The first-order valence-electron chi connectivity index (χ1n) is 8.32. The molecule has 0 radical (unpaired) electrons. The maximum Gasteiger partial charge on any atom is 0.118 e. The van der Waals surface area contributed by atoms with Gasteiger partial charge in [-0.1, -0.05) is 0 Å². The summed E-state index contributed by atoms with van der Waals surface area (Å²) in [5.41, 5.74) is 4.09. The van der Waals surface area contributed by atoms with Gasteiger partial charge in [0.05, 0.1) is 31.1 Å². The standard InChI is InChI=1S/C21H24N2O2/c1-21(2,3)23-20(16-8-12-18(25-5)13-9-16)14-19(22-23)15-6-10-17(24-4)11-7-15/h6-14H,1-5H3. The van der Waals surface area contributed by atoms with E-state index in [0.29, 0.717) is 0 Å². The van der Waals surface area contributed by atoms with Crippen molar-refractivity contribution in [3.8, 4) is 34.0 Å². The fourth-order valence-corrected chi connectivity index (χ4v) is 2.76. The van der Waals surface area contributed by atoms with E-state index >= 15 is 0 Å². The van der Waals surface area contributed by atoms with Crippen molar-refractivity contribution in [2.75, 3.05) is 14.2 Å². The maximum absolute atomic E-state index is 5.26. The second-order valence-electron chi connectivity index (χ2n) is 6.95. The Kier molecular flexibility index (Phi) is 4.53. The largest absolute Gasteiger partial charge is 0.497 e. The molecule has 0 saturated carbocycles. The van der Waals surface area contributed by atoms with Gasteiger partial charge in [-0.05, 0) is 75.4 Å². The summed E-state index contributed by atoms with van der Waals surface area (Å²) in [7, 11) is 3.35. The molecule has 4 nitrogen and oxygen atoms in total. The van der Waals surface area contributed by atoms with Crippen LogP contribution in [0.2, 0.25) is 0 Å². The number of ether oxygens (including phenoxy) is 2. The zero-order valence-corrected chi connectivity index (χ0v) is 15.4. The van der Waals surface area contributed by atoms with Crippen molar-refractivity contribution in [2.45, 2.75) is 26.3 Å². The highest BCUT2D eigenvalue weighted by Gasteiger charge is 2.21. The molecule has 25 heavy (non-hydrogen) atoms. The Morgan fingerprint density at radius 3 is 1.68 bits per heavy atom. The molecule has 0 atom stereocenters. The molecule has 0 spiro atoms. The van der Waals surface area contributed by atoms with E-state index in [-0.39, 0.29) is 5.54 Å². The van der Waals surface area contributed by atoms with Crippen LogP contribution >= 0.6 is 0 Å². The smallest absolute Gasteiger partial charge is 0.118 e. The van der Waals surface area contributed by atoms with E-state index in [0.717, 1.165) is 34.0 Å². The van der Waals surface area contributed by atoms with Crippen LogP contribution in [-0.2, 0) is 5.54 Å². The molecule has 0 unspecified atom stereocenters. The minimum Gasteiger partial charge on any atom is -0.497 e. The molecule has 3 aromatic rings. The molecule has 0 aliphatic heterocycles. The summed E-state index contributed by atoms with van der Waals surface area (Å²) < 4.78 is 12.6. The number of nitrogens with zero attached hydrogens (tertiary/aromatic N) is 2. The lowest BCUT2D eigenvalue weighted by atomic mass is 10.1. The second kappa shape index (κ2) is 6.63. The van der Waals surface area contributed by atoms with Gasteiger partial charge in [0.15, 0.2) is 0 Å². The van der Waals surface area contributed by atoms with Crippen molar-refractivity contribution in [3.63, 3.8) is 0 Å². The summed E-state index contributed by atoms with van der Waals surface area (Å²) in [5, 5.41) is 4.87. The van der Waals surface area contributed by atoms with Crippen molar-refractivity contribution >= 4 is 0 Å². The molecule has 0 fully saturated rings. The zero-order chi connectivity index (χ0) is 18.0. The van der Waals surface area contributed by atoms with Crippen molar-refractivity contribution in [1.82, 2.24) is 9.78 Å². The van der Waals surface area contributed by atoms with Crippen LogP contribution in [0.3, 0.4) is 0 Å². The Morgan fingerprint density at radius 1 is 0.760 bits per heavy atom. The van der Waals surface area contributed by atoms with E-state index in [1.54, 1.807) is 14.2 Å². The molecule has 130 valence electrons. The van der Waals surface area contributed by atoms with Crippen molar-refractivity contribution in [2.24, 2.45) is 0 Å². The van der Waals surface area contributed by atoms with Gasteiger partial charge < -0.3 is 9.47 Å². The van der Waals surface area contributed by atoms with Gasteiger partial charge in [-0.3, -0.25) is 4.68 Å². The van der Waals surface area contributed by atoms with Gasteiger partial charge in [0, 0.05) is 11.1 Å². The monoisotopic (exact) mass is 336 g/mol. The molecule has 1 aromatic heterocycles. The van der Waals surface area contributed by atoms with Gasteiger partial charge in [-0.25, -0.2) is 0 Å². The molecular formula is C21H24N2O2. The van der Waals surface area contributed by atoms with Gasteiger partial charge in [0.1, 0.15) is 11.5 Å². The van der Waals surface area contributed by atoms with E-state index in [9.17, 15) is 0 Å². The first-order chi connectivity index (χ1) is 11.9. The van der Waals surface area contributed by atoms with Crippen LogP contribution in [0.15, 0.2) is 54.6 Å². The van der Waals surface area contributed by atoms with Crippen LogP contribution in [0.25, 0.3) is 22.5 Å². The van der Waals surface area contributed by atoms with E-state index in [1.165, 1.54) is 0 Å². The Bertz CT molecular complexity index is 841. The third kappa shape index (κ3) is 3.53. The highest BCUT2D eigenvalue weighted by atomic mass is 16.5. The third-order valence-electron chi connectivity index (χ3n) is 4.12. The molecule has 0 N–H and O–H groups in total. The SMILES string of the molecule is COc1ccc(-c2cc(-c3ccc(OC)cc3)n(C(C)(C)C)n2)cc1. The van der Waals surface area contributed by atoms with Crippen LogP contribution < -0.4 is 9.47 Å². The summed E-state index contributed by atoms with van der Waals surface area (Å²) >= 11 is 0. The Balaban J connectivity index is 2.08. The maximum atomic E-state index is 5.26. The predicted molar refractivity (Wildman–Crippen MR) is 101 cm³/mol.